The Morgan fingerprint density at radius 1 is 1.06 bits per heavy atom. The standard InChI is InChI=1S/C23H22ClFN2O4S/c1-16-6-4-7-17(14-16)27-32(29,30)18-10-11-20(24)19(15-18)23(28)26-12-5-13-31-22-9-3-2-8-21(22)25/h2-4,6-11,14-15,27H,5,12-13H2,1H3,(H,26,28). The minimum atomic E-state index is -3.91. The Balaban J connectivity index is 1.60. The van der Waals surface area contributed by atoms with Crippen molar-refractivity contribution < 1.29 is 22.3 Å². The average Bonchev–Trinajstić information content (AvgIpc) is 2.74. The topological polar surface area (TPSA) is 84.5 Å². The number of nitrogens with one attached hydrogen (secondary N) is 2. The fourth-order valence-electron chi connectivity index (χ4n) is 2.88. The van der Waals surface area contributed by atoms with E-state index in [2.05, 4.69) is 10.0 Å². The van der Waals surface area contributed by atoms with Crippen LogP contribution in [-0.4, -0.2) is 27.5 Å². The second-order valence-corrected chi connectivity index (χ2v) is 9.09. The molecule has 3 aromatic rings. The van der Waals surface area contributed by atoms with Gasteiger partial charge in [0.05, 0.1) is 22.1 Å². The molecular weight excluding hydrogens is 455 g/mol. The van der Waals surface area contributed by atoms with E-state index < -0.39 is 21.7 Å². The smallest absolute Gasteiger partial charge is 0.261 e. The number of hydrogen-bond acceptors (Lipinski definition) is 4. The first-order valence-corrected chi connectivity index (χ1v) is 11.7. The summed E-state index contributed by atoms with van der Waals surface area (Å²) < 4.78 is 46.8. The van der Waals surface area contributed by atoms with Crippen molar-refractivity contribution in [2.45, 2.75) is 18.2 Å². The van der Waals surface area contributed by atoms with E-state index >= 15 is 0 Å². The van der Waals surface area contributed by atoms with Gasteiger partial charge in [-0.05, 0) is 61.4 Å². The largest absolute Gasteiger partial charge is 0.490 e. The molecule has 9 heteroatoms. The molecule has 1 amide bonds. The van der Waals surface area contributed by atoms with Crippen molar-refractivity contribution in [2.24, 2.45) is 0 Å². The molecule has 0 aliphatic heterocycles. The molecule has 3 rings (SSSR count). The molecule has 0 spiro atoms. The van der Waals surface area contributed by atoms with Gasteiger partial charge < -0.3 is 10.1 Å². The summed E-state index contributed by atoms with van der Waals surface area (Å²) in [4.78, 5) is 12.4. The Morgan fingerprint density at radius 3 is 2.59 bits per heavy atom. The van der Waals surface area contributed by atoms with Crippen molar-refractivity contribution in [1.29, 1.82) is 0 Å². The van der Waals surface area contributed by atoms with Gasteiger partial charge in [-0.2, -0.15) is 0 Å². The number of rotatable bonds is 9. The number of aryl methyl sites for hydroxylation is 1. The zero-order valence-electron chi connectivity index (χ0n) is 17.3. The number of anilines is 1. The summed E-state index contributed by atoms with van der Waals surface area (Å²) in [5, 5.41) is 2.79. The summed E-state index contributed by atoms with van der Waals surface area (Å²) in [6, 6.07) is 16.9. The van der Waals surface area contributed by atoms with Crippen LogP contribution in [0.1, 0.15) is 22.3 Å². The Bertz CT molecular complexity index is 1220. The number of hydrogen-bond donors (Lipinski definition) is 2. The van der Waals surface area contributed by atoms with E-state index in [1.165, 1.54) is 30.3 Å². The number of halogens is 2. The van der Waals surface area contributed by atoms with Gasteiger partial charge in [-0.25, -0.2) is 12.8 Å². The van der Waals surface area contributed by atoms with Crippen LogP contribution < -0.4 is 14.8 Å². The van der Waals surface area contributed by atoms with E-state index in [1.54, 1.807) is 30.3 Å². The number of sulfonamides is 1. The first-order valence-electron chi connectivity index (χ1n) is 9.81. The van der Waals surface area contributed by atoms with Crippen LogP contribution >= 0.6 is 11.6 Å². The molecule has 168 valence electrons. The van der Waals surface area contributed by atoms with Crippen LogP contribution in [0.5, 0.6) is 5.75 Å². The van der Waals surface area contributed by atoms with Crippen LogP contribution in [0.3, 0.4) is 0 Å². The summed E-state index contributed by atoms with van der Waals surface area (Å²) >= 11 is 6.12. The lowest BCUT2D eigenvalue weighted by Crippen LogP contribution is -2.26. The zero-order valence-corrected chi connectivity index (χ0v) is 18.8. The molecule has 0 aliphatic carbocycles. The van der Waals surface area contributed by atoms with Crippen molar-refractivity contribution in [1.82, 2.24) is 5.32 Å². The van der Waals surface area contributed by atoms with Gasteiger partial charge >= 0.3 is 0 Å². The average molecular weight is 477 g/mol. The van der Waals surface area contributed by atoms with Crippen LogP contribution in [-0.2, 0) is 10.0 Å². The second kappa shape index (κ2) is 10.5. The summed E-state index contributed by atoms with van der Waals surface area (Å²) in [6.45, 7) is 2.29. The predicted octanol–water partition coefficient (Wildman–Crippen LogP) is 4.79. The highest BCUT2D eigenvalue weighted by molar-refractivity contribution is 7.92. The van der Waals surface area contributed by atoms with Crippen molar-refractivity contribution >= 4 is 33.2 Å². The number of carbonyl (C=O) groups excluding carboxylic acids is 1. The summed E-state index contributed by atoms with van der Waals surface area (Å²) in [6.07, 6.45) is 0.421. The maximum absolute atomic E-state index is 13.5. The Morgan fingerprint density at radius 2 is 1.84 bits per heavy atom. The Kier molecular flexibility index (Phi) is 7.71. The highest BCUT2D eigenvalue weighted by Gasteiger charge is 2.19. The van der Waals surface area contributed by atoms with Gasteiger partial charge in [0.1, 0.15) is 0 Å². The van der Waals surface area contributed by atoms with Crippen molar-refractivity contribution in [3.05, 3.63) is 88.7 Å². The molecule has 32 heavy (non-hydrogen) atoms. The lowest BCUT2D eigenvalue weighted by molar-refractivity contribution is 0.0951. The fourth-order valence-corrected chi connectivity index (χ4v) is 4.16. The maximum Gasteiger partial charge on any atom is 0.261 e. The monoisotopic (exact) mass is 476 g/mol. The second-order valence-electron chi connectivity index (χ2n) is 7.00. The van der Waals surface area contributed by atoms with Crippen molar-refractivity contribution in [3.63, 3.8) is 0 Å². The van der Waals surface area contributed by atoms with Gasteiger partial charge in [0.2, 0.25) is 0 Å². The van der Waals surface area contributed by atoms with Gasteiger partial charge in [-0.15, -0.1) is 0 Å². The van der Waals surface area contributed by atoms with E-state index in [4.69, 9.17) is 16.3 Å². The number of para-hydroxylation sites is 1. The zero-order chi connectivity index (χ0) is 23.1. The van der Waals surface area contributed by atoms with E-state index in [0.29, 0.717) is 12.1 Å². The SMILES string of the molecule is Cc1cccc(NS(=O)(=O)c2ccc(Cl)c(C(=O)NCCCOc3ccccc3F)c2)c1. The van der Waals surface area contributed by atoms with Crippen LogP contribution in [0, 0.1) is 12.7 Å². The van der Waals surface area contributed by atoms with Crippen LogP contribution in [0.15, 0.2) is 71.6 Å². The van der Waals surface area contributed by atoms with Crippen molar-refractivity contribution in [3.8, 4) is 5.75 Å². The third kappa shape index (κ3) is 6.21. The molecule has 0 unspecified atom stereocenters. The lowest BCUT2D eigenvalue weighted by Gasteiger charge is -2.12. The molecule has 0 fully saturated rings. The van der Waals surface area contributed by atoms with Crippen LogP contribution in [0.25, 0.3) is 0 Å². The predicted molar refractivity (Wildman–Crippen MR) is 122 cm³/mol. The quantitative estimate of drug-likeness (QED) is 0.435. The Hall–Kier alpha value is -3.10. The van der Waals surface area contributed by atoms with Gasteiger partial charge in [-0.3, -0.25) is 9.52 Å². The van der Waals surface area contributed by atoms with Gasteiger partial charge in [0, 0.05) is 12.2 Å². The van der Waals surface area contributed by atoms with E-state index in [1.807, 2.05) is 13.0 Å². The first kappa shape index (κ1) is 23.6. The lowest BCUT2D eigenvalue weighted by atomic mass is 10.2. The van der Waals surface area contributed by atoms with Crippen LogP contribution in [0.2, 0.25) is 5.02 Å². The molecule has 0 saturated carbocycles. The number of ether oxygens (including phenoxy) is 1. The molecule has 0 saturated heterocycles. The van der Waals surface area contributed by atoms with Gasteiger partial charge in [0.25, 0.3) is 15.9 Å². The van der Waals surface area contributed by atoms with Crippen molar-refractivity contribution in [2.75, 3.05) is 17.9 Å². The highest BCUT2D eigenvalue weighted by atomic mass is 35.5. The highest BCUT2D eigenvalue weighted by Crippen LogP contribution is 2.23. The number of benzene rings is 3. The van der Waals surface area contributed by atoms with E-state index in [0.717, 1.165) is 5.56 Å². The summed E-state index contributed by atoms with van der Waals surface area (Å²) in [7, 11) is -3.91. The number of amides is 1. The third-order valence-electron chi connectivity index (χ3n) is 4.46. The normalized spacial score (nSPS) is 11.1. The fraction of sp³-hybridized carbons (Fsp3) is 0.174. The maximum atomic E-state index is 13.5. The summed E-state index contributed by atoms with van der Waals surface area (Å²) in [5.74, 6) is -0.838. The summed E-state index contributed by atoms with van der Waals surface area (Å²) in [5.41, 5.74) is 1.36. The molecule has 0 heterocycles. The first-order chi connectivity index (χ1) is 15.3. The van der Waals surface area contributed by atoms with Gasteiger partial charge in [0.15, 0.2) is 11.6 Å². The molecule has 0 radical (unpaired) electrons. The molecule has 0 aromatic heterocycles. The molecule has 3 aromatic carbocycles. The van der Waals surface area contributed by atoms with Gasteiger partial charge in [-0.1, -0.05) is 35.9 Å². The van der Waals surface area contributed by atoms with E-state index in [9.17, 15) is 17.6 Å². The molecular formula is C23H22ClFN2O4S. The molecule has 6 nitrogen and oxygen atoms in total. The number of carbonyl (C=O) groups is 1. The minimum Gasteiger partial charge on any atom is -0.490 e. The third-order valence-corrected chi connectivity index (χ3v) is 6.17. The Labute approximate surface area is 191 Å². The molecule has 0 aliphatic rings. The van der Waals surface area contributed by atoms with E-state index in [-0.39, 0.29) is 34.4 Å². The van der Waals surface area contributed by atoms with Crippen LogP contribution in [0.4, 0.5) is 10.1 Å². The minimum absolute atomic E-state index is 0.0359. The molecule has 0 atom stereocenters. The molecule has 0 bridgehead atoms. The molecule has 2 N–H and O–H groups in total.